The summed E-state index contributed by atoms with van der Waals surface area (Å²) in [6.45, 7) is 1.96. The molecule has 0 fully saturated rings. The molecule has 0 saturated carbocycles. The topological polar surface area (TPSA) is 61.4 Å². The van der Waals surface area contributed by atoms with E-state index in [1.807, 2.05) is 74.4 Å². The largest absolute Gasteiger partial charge is 0.378 e. The van der Waals surface area contributed by atoms with E-state index in [0.717, 1.165) is 16.9 Å². The van der Waals surface area contributed by atoms with Gasteiger partial charge in [0.15, 0.2) is 0 Å². The molecule has 0 unspecified atom stereocenters. The average Bonchev–Trinajstić information content (AvgIpc) is 2.68. The van der Waals surface area contributed by atoms with Crippen LogP contribution in [0.15, 0.2) is 72.8 Å². The van der Waals surface area contributed by atoms with Gasteiger partial charge in [-0.1, -0.05) is 18.2 Å². The molecule has 3 aromatic rings. The molecule has 5 nitrogen and oxygen atoms in total. The van der Waals surface area contributed by atoms with Gasteiger partial charge in [0.05, 0.1) is 0 Å². The Labute approximate surface area is 165 Å². The van der Waals surface area contributed by atoms with E-state index < -0.39 is 0 Å². The smallest absolute Gasteiger partial charge is 0.255 e. The molecule has 0 bridgehead atoms. The third-order valence-corrected chi connectivity index (χ3v) is 4.30. The Morgan fingerprint density at radius 1 is 0.714 bits per heavy atom. The number of hydrogen-bond donors (Lipinski definition) is 2. The zero-order chi connectivity index (χ0) is 20.1. The summed E-state index contributed by atoms with van der Waals surface area (Å²) in [6.07, 6.45) is 0. The first-order chi connectivity index (χ1) is 13.4. The minimum Gasteiger partial charge on any atom is -0.378 e. The van der Waals surface area contributed by atoms with Crippen LogP contribution in [-0.4, -0.2) is 25.9 Å². The molecule has 0 atom stereocenters. The number of carbonyl (C=O) groups is 2. The molecule has 3 rings (SSSR count). The predicted molar refractivity (Wildman–Crippen MR) is 114 cm³/mol. The molecule has 0 spiro atoms. The van der Waals surface area contributed by atoms with Crippen LogP contribution >= 0.6 is 0 Å². The van der Waals surface area contributed by atoms with Crippen LogP contribution < -0.4 is 15.5 Å². The summed E-state index contributed by atoms with van der Waals surface area (Å²) in [4.78, 5) is 27.1. The average molecular weight is 373 g/mol. The fraction of sp³-hybridized carbons (Fsp3) is 0.130. The van der Waals surface area contributed by atoms with Crippen LogP contribution in [0.2, 0.25) is 0 Å². The summed E-state index contributed by atoms with van der Waals surface area (Å²) < 4.78 is 0. The Morgan fingerprint density at radius 3 is 1.86 bits per heavy atom. The molecule has 0 aliphatic carbocycles. The van der Waals surface area contributed by atoms with Crippen molar-refractivity contribution in [3.8, 4) is 0 Å². The third kappa shape index (κ3) is 4.76. The maximum absolute atomic E-state index is 12.6. The normalized spacial score (nSPS) is 10.2. The van der Waals surface area contributed by atoms with Gasteiger partial charge in [-0.3, -0.25) is 9.59 Å². The van der Waals surface area contributed by atoms with Gasteiger partial charge in [0.2, 0.25) is 0 Å². The lowest BCUT2D eigenvalue weighted by Gasteiger charge is -2.13. The van der Waals surface area contributed by atoms with E-state index in [1.54, 1.807) is 24.3 Å². The number of hydrogen-bond acceptors (Lipinski definition) is 3. The molecular weight excluding hydrogens is 350 g/mol. The van der Waals surface area contributed by atoms with E-state index in [0.29, 0.717) is 16.8 Å². The fourth-order valence-electron chi connectivity index (χ4n) is 2.77. The molecule has 28 heavy (non-hydrogen) atoms. The van der Waals surface area contributed by atoms with E-state index in [-0.39, 0.29) is 11.8 Å². The molecule has 0 aromatic heterocycles. The van der Waals surface area contributed by atoms with Gasteiger partial charge in [-0.05, 0) is 67.1 Å². The zero-order valence-corrected chi connectivity index (χ0v) is 16.2. The van der Waals surface area contributed by atoms with Crippen LogP contribution in [-0.2, 0) is 0 Å². The first-order valence-corrected chi connectivity index (χ1v) is 8.99. The zero-order valence-electron chi connectivity index (χ0n) is 16.2. The molecular formula is C23H23N3O2. The molecule has 5 heteroatoms. The Hall–Kier alpha value is -3.60. The second-order valence-corrected chi connectivity index (χ2v) is 6.80. The third-order valence-electron chi connectivity index (χ3n) is 4.30. The van der Waals surface area contributed by atoms with Crippen molar-refractivity contribution in [1.82, 2.24) is 0 Å². The summed E-state index contributed by atoms with van der Waals surface area (Å²) in [7, 11) is 3.92. The van der Waals surface area contributed by atoms with Gasteiger partial charge in [-0.15, -0.1) is 0 Å². The van der Waals surface area contributed by atoms with Crippen molar-refractivity contribution >= 4 is 28.9 Å². The number of nitrogens with zero attached hydrogens (tertiary/aromatic N) is 1. The lowest BCUT2D eigenvalue weighted by atomic mass is 10.1. The van der Waals surface area contributed by atoms with Gasteiger partial charge >= 0.3 is 0 Å². The summed E-state index contributed by atoms with van der Waals surface area (Å²) in [5, 5.41) is 5.71. The highest BCUT2D eigenvalue weighted by molar-refractivity contribution is 6.08. The molecule has 0 saturated heterocycles. The van der Waals surface area contributed by atoms with Gasteiger partial charge in [0, 0.05) is 42.3 Å². The van der Waals surface area contributed by atoms with Crippen molar-refractivity contribution in [3.05, 3.63) is 89.5 Å². The second kappa shape index (κ2) is 8.39. The molecule has 3 aromatic carbocycles. The van der Waals surface area contributed by atoms with Gasteiger partial charge < -0.3 is 15.5 Å². The highest BCUT2D eigenvalue weighted by Crippen LogP contribution is 2.17. The molecule has 0 radical (unpaired) electrons. The van der Waals surface area contributed by atoms with Crippen molar-refractivity contribution in [2.45, 2.75) is 6.92 Å². The quantitative estimate of drug-likeness (QED) is 0.689. The Morgan fingerprint density at radius 2 is 1.29 bits per heavy atom. The molecule has 0 aliphatic rings. The van der Waals surface area contributed by atoms with E-state index in [1.165, 1.54) is 0 Å². The van der Waals surface area contributed by atoms with Crippen molar-refractivity contribution in [1.29, 1.82) is 0 Å². The first kappa shape index (κ1) is 19.2. The number of amides is 2. The van der Waals surface area contributed by atoms with Gasteiger partial charge in [-0.2, -0.15) is 0 Å². The maximum Gasteiger partial charge on any atom is 0.255 e. The van der Waals surface area contributed by atoms with Crippen LogP contribution in [0, 0.1) is 6.92 Å². The highest BCUT2D eigenvalue weighted by atomic mass is 16.2. The lowest BCUT2D eigenvalue weighted by Crippen LogP contribution is -2.15. The van der Waals surface area contributed by atoms with Crippen LogP contribution in [0.3, 0.4) is 0 Å². The number of anilines is 3. The molecule has 0 heterocycles. The van der Waals surface area contributed by atoms with Crippen molar-refractivity contribution < 1.29 is 9.59 Å². The lowest BCUT2D eigenvalue weighted by molar-refractivity contribution is 0.102. The van der Waals surface area contributed by atoms with Crippen LogP contribution in [0.4, 0.5) is 17.1 Å². The number of aryl methyl sites for hydroxylation is 1. The highest BCUT2D eigenvalue weighted by Gasteiger charge is 2.11. The SMILES string of the molecule is Cc1cccc(NC(=O)c2cccc(C(=O)Nc3ccc(N(C)C)cc3)c2)c1. The fourth-order valence-corrected chi connectivity index (χ4v) is 2.77. The van der Waals surface area contributed by atoms with Crippen LogP contribution in [0.1, 0.15) is 26.3 Å². The number of rotatable bonds is 5. The monoisotopic (exact) mass is 373 g/mol. The minimum atomic E-state index is -0.261. The minimum absolute atomic E-state index is 0.254. The van der Waals surface area contributed by atoms with Crippen molar-refractivity contribution in [3.63, 3.8) is 0 Å². The van der Waals surface area contributed by atoms with Gasteiger partial charge in [-0.25, -0.2) is 0 Å². The number of nitrogens with one attached hydrogen (secondary N) is 2. The summed E-state index contributed by atoms with van der Waals surface area (Å²) in [5.41, 5.74) is 4.38. The summed E-state index contributed by atoms with van der Waals surface area (Å²) >= 11 is 0. The Bertz CT molecular complexity index is 995. The molecule has 2 amide bonds. The number of carbonyl (C=O) groups excluding carboxylic acids is 2. The maximum atomic E-state index is 12.6. The van der Waals surface area contributed by atoms with E-state index >= 15 is 0 Å². The van der Waals surface area contributed by atoms with Crippen molar-refractivity contribution in [2.75, 3.05) is 29.6 Å². The van der Waals surface area contributed by atoms with Gasteiger partial charge in [0.1, 0.15) is 0 Å². The van der Waals surface area contributed by atoms with Gasteiger partial charge in [0.25, 0.3) is 11.8 Å². The van der Waals surface area contributed by atoms with E-state index in [9.17, 15) is 9.59 Å². The van der Waals surface area contributed by atoms with E-state index in [2.05, 4.69) is 10.6 Å². The Balaban J connectivity index is 1.71. The molecule has 2 N–H and O–H groups in total. The standard InChI is InChI=1S/C23H23N3O2/c1-16-6-4-9-20(14-16)25-23(28)18-8-5-7-17(15-18)22(27)24-19-10-12-21(13-11-19)26(2)3/h4-15H,1-3H3,(H,24,27)(H,25,28). The van der Waals surface area contributed by atoms with Crippen molar-refractivity contribution in [2.24, 2.45) is 0 Å². The van der Waals surface area contributed by atoms with Crippen LogP contribution in [0.25, 0.3) is 0 Å². The summed E-state index contributed by atoms with van der Waals surface area (Å²) in [6, 6.07) is 21.8. The molecule has 142 valence electrons. The van der Waals surface area contributed by atoms with Crippen LogP contribution in [0.5, 0.6) is 0 Å². The molecule has 0 aliphatic heterocycles. The second-order valence-electron chi connectivity index (χ2n) is 6.80. The number of benzene rings is 3. The Kier molecular flexibility index (Phi) is 5.75. The first-order valence-electron chi connectivity index (χ1n) is 8.99. The predicted octanol–water partition coefficient (Wildman–Crippen LogP) is 4.57. The van der Waals surface area contributed by atoms with E-state index in [4.69, 9.17) is 0 Å². The summed E-state index contributed by atoms with van der Waals surface area (Å²) in [5.74, 6) is -0.515.